The molecule has 16 heteroatoms. The molecular formula is C39H45Cl3N8O5. The number of hydrogen-bond donors (Lipinski definition) is 1. The van der Waals surface area contributed by atoms with E-state index >= 15 is 0 Å². The molecule has 3 fully saturated rings. The summed E-state index contributed by atoms with van der Waals surface area (Å²) >= 11 is 13.0. The zero-order valence-corrected chi connectivity index (χ0v) is 33.0. The molecule has 0 bridgehead atoms. The topological polar surface area (TPSA) is 137 Å². The van der Waals surface area contributed by atoms with Crippen molar-refractivity contribution in [1.82, 2.24) is 39.8 Å². The van der Waals surface area contributed by atoms with E-state index in [0.717, 1.165) is 43.6 Å². The quantitative estimate of drug-likeness (QED) is 0.224. The molecule has 7 rings (SSSR count). The number of aromatic nitrogens is 4. The Balaban J connectivity index is 0.00000514. The summed E-state index contributed by atoms with van der Waals surface area (Å²) in [6, 6.07) is 21.2. The lowest BCUT2D eigenvalue weighted by Crippen LogP contribution is -2.58. The van der Waals surface area contributed by atoms with Crippen LogP contribution in [-0.4, -0.2) is 135 Å². The van der Waals surface area contributed by atoms with E-state index in [2.05, 4.69) is 32.6 Å². The molecule has 4 aromatic rings. The van der Waals surface area contributed by atoms with Crippen LogP contribution in [0, 0.1) is 0 Å². The predicted octanol–water partition coefficient (Wildman–Crippen LogP) is 4.84. The number of carboxylic acid groups (broad SMARTS) is 1. The number of methoxy groups -OCH3 is 1. The molecule has 0 unspecified atom stereocenters. The average molecular weight is 812 g/mol. The van der Waals surface area contributed by atoms with Gasteiger partial charge in [-0.15, -0.1) is 17.5 Å². The standard InChI is InChI=1S/C39H44Cl2N8O5.ClH/c1-54-34-10-8-30(49-27-42-43-44-49)24-31(34)36(52)48-18-12-38(26-48,29-7-9-32(40)33(41)23-29)11-15-45-16-13-39(14-17-45,28-5-3-2-4-6-28)37(53)47-21-19-46(20-22-47)25-35(50)51;/h2-10,23-24,27H,11-22,25-26H2,1H3,(H,50,51);1H/t38-;/m0./s1. The van der Waals surface area contributed by atoms with E-state index in [1.165, 1.54) is 11.0 Å². The maximum Gasteiger partial charge on any atom is 0.317 e. The number of halogens is 3. The number of nitrogens with zero attached hydrogens (tertiary/aromatic N) is 8. The highest BCUT2D eigenvalue weighted by atomic mass is 35.5. The minimum Gasteiger partial charge on any atom is -0.496 e. The molecule has 1 N–H and O–H groups in total. The van der Waals surface area contributed by atoms with Crippen LogP contribution in [0.15, 0.2) is 73.1 Å². The molecule has 3 saturated heterocycles. The fraction of sp³-hybridized carbons (Fsp3) is 0.436. The van der Waals surface area contributed by atoms with Crippen molar-refractivity contribution in [3.8, 4) is 11.4 Å². The summed E-state index contributed by atoms with van der Waals surface area (Å²) in [4.78, 5) is 48.0. The summed E-state index contributed by atoms with van der Waals surface area (Å²) < 4.78 is 7.12. The molecule has 4 heterocycles. The maximum atomic E-state index is 14.4. The molecule has 3 aliphatic heterocycles. The first-order valence-electron chi connectivity index (χ1n) is 18.3. The van der Waals surface area contributed by atoms with Gasteiger partial charge in [-0.1, -0.05) is 59.6 Å². The van der Waals surface area contributed by atoms with Gasteiger partial charge >= 0.3 is 5.97 Å². The number of tetrazole rings is 1. The summed E-state index contributed by atoms with van der Waals surface area (Å²) in [6.07, 6.45) is 4.33. The monoisotopic (exact) mass is 810 g/mol. The van der Waals surface area contributed by atoms with Gasteiger partial charge in [0.1, 0.15) is 12.1 Å². The maximum absolute atomic E-state index is 14.4. The highest BCUT2D eigenvalue weighted by Gasteiger charge is 2.47. The molecule has 0 saturated carbocycles. The van der Waals surface area contributed by atoms with Gasteiger partial charge < -0.3 is 24.5 Å². The lowest BCUT2D eigenvalue weighted by Gasteiger charge is -2.46. The highest BCUT2D eigenvalue weighted by molar-refractivity contribution is 6.42. The van der Waals surface area contributed by atoms with Crippen LogP contribution in [-0.2, 0) is 20.4 Å². The predicted molar refractivity (Wildman–Crippen MR) is 211 cm³/mol. The van der Waals surface area contributed by atoms with Crippen molar-refractivity contribution < 1.29 is 24.2 Å². The summed E-state index contributed by atoms with van der Waals surface area (Å²) in [6.45, 7) is 5.37. The van der Waals surface area contributed by atoms with Crippen molar-refractivity contribution in [3.05, 3.63) is 99.8 Å². The Labute approximate surface area is 336 Å². The fourth-order valence-corrected chi connectivity index (χ4v) is 8.73. The molecule has 3 aromatic carbocycles. The van der Waals surface area contributed by atoms with E-state index in [4.69, 9.17) is 27.9 Å². The zero-order chi connectivity index (χ0) is 37.9. The van der Waals surface area contributed by atoms with Crippen molar-refractivity contribution >= 4 is 53.4 Å². The first kappa shape index (κ1) is 40.4. The van der Waals surface area contributed by atoms with Gasteiger partial charge in [-0.3, -0.25) is 19.3 Å². The summed E-state index contributed by atoms with van der Waals surface area (Å²) in [5.74, 6) is -0.402. The zero-order valence-electron chi connectivity index (χ0n) is 30.6. The Kier molecular flexibility index (Phi) is 12.7. The SMILES string of the molecule is COc1ccc(-n2cnnn2)cc1C(=O)N1CC[C@](CCN2CCC(C(=O)N3CCN(CC(=O)O)CC3)(c3ccccc3)CC2)(c2ccc(Cl)c(Cl)c2)C1.Cl. The van der Waals surface area contributed by atoms with Crippen LogP contribution >= 0.6 is 35.6 Å². The van der Waals surface area contributed by atoms with Gasteiger partial charge in [0.2, 0.25) is 5.91 Å². The molecule has 2 amide bonds. The van der Waals surface area contributed by atoms with Gasteiger partial charge in [0.25, 0.3) is 5.91 Å². The molecule has 0 aliphatic carbocycles. The van der Waals surface area contributed by atoms with Crippen molar-refractivity contribution in [2.45, 2.75) is 36.5 Å². The first-order chi connectivity index (χ1) is 26.1. The Morgan fingerprint density at radius 2 is 1.56 bits per heavy atom. The second-order valence-electron chi connectivity index (χ2n) is 14.5. The van der Waals surface area contributed by atoms with E-state index in [1.807, 2.05) is 51.1 Å². The lowest BCUT2D eigenvalue weighted by atomic mass is 9.71. The van der Waals surface area contributed by atoms with Crippen LogP contribution in [0.25, 0.3) is 5.69 Å². The highest BCUT2D eigenvalue weighted by Crippen LogP contribution is 2.43. The third-order valence-electron chi connectivity index (χ3n) is 11.6. The molecular weight excluding hydrogens is 767 g/mol. The molecule has 1 atom stereocenters. The number of aliphatic carboxylic acids is 1. The van der Waals surface area contributed by atoms with Gasteiger partial charge in [0.15, 0.2) is 0 Å². The van der Waals surface area contributed by atoms with Crippen molar-refractivity contribution in [1.29, 1.82) is 0 Å². The number of likely N-dealkylation sites (tertiary alicyclic amines) is 2. The van der Waals surface area contributed by atoms with Crippen LogP contribution in [0.4, 0.5) is 0 Å². The van der Waals surface area contributed by atoms with Gasteiger partial charge in [-0.25, -0.2) is 4.68 Å². The minimum atomic E-state index is -0.854. The molecule has 13 nitrogen and oxygen atoms in total. The first-order valence-corrected chi connectivity index (χ1v) is 19.0. The van der Waals surface area contributed by atoms with Gasteiger partial charge in [-0.05, 0) is 97.2 Å². The second-order valence-corrected chi connectivity index (χ2v) is 15.3. The number of benzene rings is 3. The number of carboxylic acids is 1. The van der Waals surface area contributed by atoms with Crippen LogP contribution in [0.3, 0.4) is 0 Å². The largest absolute Gasteiger partial charge is 0.496 e. The van der Waals surface area contributed by atoms with Crippen LogP contribution in [0.5, 0.6) is 5.75 Å². The van der Waals surface area contributed by atoms with Gasteiger partial charge in [0, 0.05) is 44.7 Å². The average Bonchev–Trinajstić information content (AvgIpc) is 3.90. The third-order valence-corrected chi connectivity index (χ3v) is 12.3. The number of ether oxygens (including phenoxy) is 1. The Morgan fingerprint density at radius 1 is 0.818 bits per heavy atom. The summed E-state index contributed by atoms with van der Waals surface area (Å²) in [5.41, 5.74) is 2.10. The van der Waals surface area contributed by atoms with Crippen molar-refractivity contribution in [2.75, 3.05) is 72.6 Å². The normalized spacial score (nSPS) is 20.2. The van der Waals surface area contributed by atoms with Crippen LogP contribution < -0.4 is 4.74 Å². The van der Waals surface area contributed by atoms with Gasteiger partial charge in [-0.2, -0.15) is 0 Å². The van der Waals surface area contributed by atoms with Crippen LogP contribution in [0.1, 0.15) is 47.2 Å². The van der Waals surface area contributed by atoms with Crippen LogP contribution in [0.2, 0.25) is 10.0 Å². The number of carbonyl (C=O) groups is 3. The molecule has 1 aromatic heterocycles. The van der Waals surface area contributed by atoms with E-state index in [0.29, 0.717) is 79.2 Å². The molecule has 55 heavy (non-hydrogen) atoms. The number of piperazine rings is 1. The number of carbonyl (C=O) groups excluding carboxylic acids is 2. The molecule has 0 spiro atoms. The number of hydrogen-bond acceptors (Lipinski definition) is 9. The summed E-state index contributed by atoms with van der Waals surface area (Å²) in [5, 5.41) is 21.6. The minimum absolute atomic E-state index is 0. The number of amides is 2. The van der Waals surface area contributed by atoms with Crippen molar-refractivity contribution in [2.24, 2.45) is 0 Å². The van der Waals surface area contributed by atoms with E-state index in [1.54, 1.807) is 25.3 Å². The molecule has 3 aliphatic rings. The number of rotatable bonds is 11. The second kappa shape index (κ2) is 17.3. The smallest absolute Gasteiger partial charge is 0.317 e. The third kappa shape index (κ3) is 8.46. The van der Waals surface area contributed by atoms with E-state index < -0.39 is 11.4 Å². The summed E-state index contributed by atoms with van der Waals surface area (Å²) in [7, 11) is 1.55. The Hall–Kier alpha value is -4.27. The number of piperidine rings is 1. The Morgan fingerprint density at radius 3 is 2.22 bits per heavy atom. The van der Waals surface area contributed by atoms with Crippen molar-refractivity contribution in [3.63, 3.8) is 0 Å². The van der Waals surface area contributed by atoms with E-state index in [-0.39, 0.29) is 36.2 Å². The fourth-order valence-electron chi connectivity index (χ4n) is 8.43. The van der Waals surface area contributed by atoms with E-state index in [9.17, 15) is 19.5 Å². The lowest BCUT2D eigenvalue weighted by molar-refractivity contribution is -0.142. The van der Waals surface area contributed by atoms with Gasteiger partial charge in [0.05, 0.1) is 40.4 Å². The molecule has 0 radical (unpaired) electrons. The Bertz CT molecular complexity index is 1970. The molecule has 292 valence electrons.